The zero-order chi connectivity index (χ0) is 11.1. The summed E-state index contributed by atoms with van der Waals surface area (Å²) in [6, 6.07) is 3.69. The third kappa shape index (κ3) is 1.48. The van der Waals surface area contributed by atoms with Gasteiger partial charge in [-0.2, -0.15) is 4.98 Å². The second kappa shape index (κ2) is 3.37. The number of nitrogens with zero attached hydrogens (tertiary/aromatic N) is 3. The van der Waals surface area contributed by atoms with Crippen molar-refractivity contribution in [3.8, 4) is 5.88 Å². The summed E-state index contributed by atoms with van der Waals surface area (Å²) in [5.41, 5.74) is 7.55. The first-order chi connectivity index (χ1) is 7.78. The van der Waals surface area contributed by atoms with Crippen LogP contribution in [0.3, 0.4) is 0 Å². The maximum absolute atomic E-state index is 5.89. The first-order valence-electron chi connectivity index (χ1n) is 5.44. The minimum Gasteiger partial charge on any atom is -0.481 e. The van der Waals surface area contributed by atoms with E-state index < -0.39 is 0 Å². The van der Waals surface area contributed by atoms with Gasteiger partial charge < -0.3 is 10.5 Å². The fraction of sp³-hybridized carbons (Fsp3) is 0.455. The zero-order valence-corrected chi connectivity index (χ0v) is 9.18. The van der Waals surface area contributed by atoms with E-state index in [1.807, 2.05) is 10.6 Å². The number of methoxy groups -OCH3 is 1. The predicted octanol–water partition coefficient (Wildman–Crippen LogP) is 1.43. The lowest BCUT2D eigenvalue weighted by molar-refractivity contribution is 0.399. The van der Waals surface area contributed by atoms with Crippen molar-refractivity contribution in [3.63, 3.8) is 0 Å². The highest BCUT2D eigenvalue weighted by atomic mass is 16.5. The van der Waals surface area contributed by atoms with Gasteiger partial charge in [-0.05, 0) is 24.8 Å². The first-order valence-corrected chi connectivity index (χ1v) is 5.44. The molecule has 0 bridgehead atoms. The van der Waals surface area contributed by atoms with Crippen molar-refractivity contribution in [1.29, 1.82) is 0 Å². The molecule has 1 saturated carbocycles. The van der Waals surface area contributed by atoms with Crippen LogP contribution in [0.5, 0.6) is 5.88 Å². The molecule has 16 heavy (non-hydrogen) atoms. The van der Waals surface area contributed by atoms with Gasteiger partial charge in [0.2, 0.25) is 11.8 Å². The van der Waals surface area contributed by atoms with E-state index in [2.05, 4.69) is 9.97 Å². The summed E-state index contributed by atoms with van der Waals surface area (Å²) >= 11 is 0. The van der Waals surface area contributed by atoms with Crippen molar-refractivity contribution in [3.05, 3.63) is 12.1 Å². The number of hydrogen-bond donors (Lipinski definition) is 1. The van der Waals surface area contributed by atoms with E-state index in [9.17, 15) is 0 Å². The number of imidazole rings is 1. The summed E-state index contributed by atoms with van der Waals surface area (Å²) in [6.45, 7) is 0.919. The van der Waals surface area contributed by atoms with Crippen molar-refractivity contribution in [1.82, 2.24) is 14.5 Å². The van der Waals surface area contributed by atoms with Crippen LogP contribution in [0, 0.1) is 5.92 Å². The molecule has 2 aromatic rings. The lowest BCUT2D eigenvalue weighted by Gasteiger charge is -2.04. The number of nitrogen functional groups attached to an aromatic ring is 1. The van der Waals surface area contributed by atoms with Crippen LogP contribution >= 0.6 is 0 Å². The molecule has 1 fully saturated rings. The second-order valence-electron chi connectivity index (χ2n) is 4.22. The van der Waals surface area contributed by atoms with Crippen LogP contribution in [0.1, 0.15) is 12.8 Å². The fourth-order valence-electron chi connectivity index (χ4n) is 1.85. The molecule has 5 heteroatoms. The molecule has 0 aromatic carbocycles. The van der Waals surface area contributed by atoms with Crippen molar-refractivity contribution in [2.24, 2.45) is 5.92 Å². The SMILES string of the molecule is COc1ccc2nc(N)n(CC3CC3)c2n1. The van der Waals surface area contributed by atoms with E-state index in [-0.39, 0.29) is 0 Å². The Hall–Kier alpha value is -1.78. The highest BCUT2D eigenvalue weighted by Gasteiger charge is 2.24. The average Bonchev–Trinajstić information content (AvgIpc) is 3.05. The standard InChI is InChI=1S/C11H14N4O/c1-16-9-5-4-8-10(14-9)15(11(12)13-8)6-7-2-3-7/h4-5,7H,2-3,6H2,1H3,(H2,12,13). The molecule has 5 nitrogen and oxygen atoms in total. The Bertz CT molecular complexity index is 530. The summed E-state index contributed by atoms with van der Waals surface area (Å²) < 4.78 is 7.10. The van der Waals surface area contributed by atoms with Crippen molar-refractivity contribution in [2.75, 3.05) is 12.8 Å². The topological polar surface area (TPSA) is 66.0 Å². The highest BCUT2D eigenvalue weighted by molar-refractivity contribution is 5.74. The van der Waals surface area contributed by atoms with E-state index >= 15 is 0 Å². The summed E-state index contributed by atoms with van der Waals surface area (Å²) in [4.78, 5) is 8.69. The molecule has 0 atom stereocenters. The monoisotopic (exact) mass is 218 g/mol. The van der Waals surface area contributed by atoms with Gasteiger partial charge in [-0.1, -0.05) is 0 Å². The molecule has 0 aliphatic heterocycles. The Morgan fingerprint density at radius 2 is 2.25 bits per heavy atom. The van der Waals surface area contributed by atoms with Gasteiger partial charge in [-0.15, -0.1) is 0 Å². The molecule has 0 unspecified atom stereocenters. The lowest BCUT2D eigenvalue weighted by atomic mass is 10.4. The second-order valence-corrected chi connectivity index (χ2v) is 4.22. The van der Waals surface area contributed by atoms with Crippen LogP contribution < -0.4 is 10.5 Å². The number of ether oxygens (including phenoxy) is 1. The van der Waals surface area contributed by atoms with Crippen LogP contribution in [-0.2, 0) is 6.54 Å². The highest BCUT2D eigenvalue weighted by Crippen LogP contribution is 2.32. The Morgan fingerprint density at radius 3 is 2.94 bits per heavy atom. The van der Waals surface area contributed by atoms with E-state index in [4.69, 9.17) is 10.5 Å². The van der Waals surface area contributed by atoms with Gasteiger partial charge in [0.1, 0.15) is 5.52 Å². The Morgan fingerprint density at radius 1 is 1.44 bits per heavy atom. The minimum atomic E-state index is 0.544. The van der Waals surface area contributed by atoms with E-state index in [0.717, 1.165) is 23.6 Å². The average molecular weight is 218 g/mol. The van der Waals surface area contributed by atoms with Crippen LogP contribution in [0.25, 0.3) is 11.2 Å². The summed E-state index contributed by atoms with van der Waals surface area (Å²) in [5.74, 6) is 1.89. The minimum absolute atomic E-state index is 0.544. The predicted molar refractivity (Wildman–Crippen MR) is 61.2 cm³/mol. The summed E-state index contributed by atoms with van der Waals surface area (Å²) in [6.07, 6.45) is 2.56. The van der Waals surface area contributed by atoms with E-state index in [1.165, 1.54) is 12.8 Å². The lowest BCUT2D eigenvalue weighted by Crippen LogP contribution is -2.05. The number of fused-ring (bicyclic) bond motifs is 1. The smallest absolute Gasteiger partial charge is 0.215 e. The molecular weight excluding hydrogens is 204 g/mol. The van der Waals surface area contributed by atoms with Gasteiger partial charge in [0.25, 0.3) is 0 Å². The van der Waals surface area contributed by atoms with Gasteiger partial charge in [-0.25, -0.2) is 4.98 Å². The molecule has 1 aliphatic carbocycles. The molecule has 2 aromatic heterocycles. The molecule has 84 valence electrons. The van der Waals surface area contributed by atoms with Gasteiger partial charge in [0.05, 0.1) is 7.11 Å². The first kappa shape index (κ1) is 9.45. The number of pyridine rings is 1. The normalized spacial score (nSPS) is 15.6. The van der Waals surface area contributed by atoms with Crippen LogP contribution in [-0.4, -0.2) is 21.6 Å². The van der Waals surface area contributed by atoms with Crippen molar-refractivity contribution >= 4 is 17.1 Å². The van der Waals surface area contributed by atoms with Gasteiger partial charge in [0, 0.05) is 12.6 Å². The third-order valence-corrected chi connectivity index (χ3v) is 2.94. The summed E-state index contributed by atoms with van der Waals surface area (Å²) in [7, 11) is 1.61. The van der Waals surface area contributed by atoms with Crippen LogP contribution in [0.15, 0.2) is 12.1 Å². The number of nitrogens with two attached hydrogens (primary N) is 1. The molecule has 0 radical (unpaired) electrons. The fourth-order valence-corrected chi connectivity index (χ4v) is 1.85. The summed E-state index contributed by atoms with van der Waals surface area (Å²) in [5, 5.41) is 0. The zero-order valence-electron chi connectivity index (χ0n) is 9.18. The number of anilines is 1. The number of aromatic nitrogens is 3. The third-order valence-electron chi connectivity index (χ3n) is 2.94. The van der Waals surface area contributed by atoms with E-state index in [1.54, 1.807) is 13.2 Å². The van der Waals surface area contributed by atoms with Crippen LogP contribution in [0.4, 0.5) is 5.95 Å². The molecular formula is C11H14N4O. The largest absolute Gasteiger partial charge is 0.481 e. The van der Waals surface area contributed by atoms with Crippen molar-refractivity contribution < 1.29 is 4.74 Å². The molecule has 2 N–H and O–H groups in total. The molecule has 0 saturated heterocycles. The quantitative estimate of drug-likeness (QED) is 0.846. The van der Waals surface area contributed by atoms with E-state index in [0.29, 0.717) is 11.8 Å². The molecule has 3 rings (SSSR count). The maximum Gasteiger partial charge on any atom is 0.215 e. The van der Waals surface area contributed by atoms with Gasteiger partial charge in [0.15, 0.2) is 5.65 Å². The number of hydrogen-bond acceptors (Lipinski definition) is 4. The Labute approximate surface area is 93.2 Å². The Balaban J connectivity index is 2.11. The van der Waals surface area contributed by atoms with Gasteiger partial charge in [-0.3, -0.25) is 4.57 Å². The Kier molecular flexibility index (Phi) is 1.99. The van der Waals surface area contributed by atoms with Crippen LogP contribution in [0.2, 0.25) is 0 Å². The molecule has 2 heterocycles. The maximum atomic E-state index is 5.89. The molecule has 0 amide bonds. The molecule has 1 aliphatic rings. The number of rotatable bonds is 3. The van der Waals surface area contributed by atoms with Crippen molar-refractivity contribution in [2.45, 2.75) is 19.4 Å². The van der Waals surface area contributed by atoms with Gasteiger partial charge >= 0.3 is 0 Å². The molecule has 0 spiro atoms.